The molecule has 0 unspecified atom stereocenters. The van der Waals surface area contributed by atoms with Crippen LogP contribution in [-0.2, 0) is 17.6 Å². The monoisotopic (exact) mass is 380 g/mol. The topological polar surface area (TPSA) is 42.4 Å². The van der Waals surface area contributed by atoms with Gasteiger partial charge in [0.25, 0.3) is 0 Å². The van der Waals surface area contributed by atoms with Crippen LogP contribution in [-0.4, -0.2) is 29.1 Å². The van der Waals surface area contributed by atoms with E-state index in [-0.39, 0.29) is 6.09 Å². The number of nitrogens with zero attached hydrogens (tertiary/aromatic N) is 2. The molecule has 2 aromatic rings. The van der Waals surface area contributed by atoms with Crippen LogP contribution in [0, 0.1) is 0 Å². The zero-order chi connectivity index (χ0) is 18.8. The molecule has 2 heterocycles. The van der Waals surface area contributed by atoms with E-state index in [0.717, 1.165) is 35.6 Å². The van der Waals surface area contributed by atoms with Crippen molar-refractivity contribution in [2.24, 2.45) is 0 Å². The van der Waals surface area contributed by atoms with Gasteiger partial charge in [-0.05, 0) is 72.7 Å². The molecular weight excluding hydrogens is 360 g/mol. The fourth-order valence-corrected chi connectivity index (χ4v) is 3.94. The van der Waals surface area contributed by atoms with Crippen molar-refractivity contribution in [2.45, 2.75) is 26.2 Å². The number of rotatable bonds is 1. The molecule has 0 spiro atoms. The van der Waals surface area contributed by atoms with Gasteiger partial charge in [0.1, 0.15) is 0 Å². The summed E-state index contributed by atoms with van der Waals surface area (Å²) >= 11 is 6.25. The van der Waals surface area contributed by atoms with Crippen molar-refractivity contribution in [3.8, 4) is 0 Å². The Morgan fingerprint density at radius 1 is 1.22 bits per heavy atom. The van der Waals surface area contributed by atoms with Crippen LogP contribution in [0.2, 0.25) is 5.02 Å². The SMILES string of the molecule is CCOC(=O)N1C=CC(=C2c3ccc(Cl)cc3CCc3cccnc32)CC1. The van der Waals surface area contributed by atoms with Crippen LogP contribution >= 0.6 is 11.6 Å². The van der Waals surface area contributed by atoms with E-state index in [0.29, 0.717) is 13.2 Å². The van der Waals surface area contributed by atoms with Crippen LogP contribution in [0.5, 0.6) is 0 Å². The van der Waals surface area contributed by atoms with Crippen molar-refractivity contribution in [1.82, 2.24) is 9.88 Å². The molecule has 1 aliphatic carbocycles. The number of halogens is 1. The van der Waals surface area contributed by atoms with Gasteiger partial charge in [-0.3, -0.25) is 9.88 Å². The standard InChI is InChI=1S/C22H21ClN2O2/c1-2-27-22(26)25-12-9-15(10-13-25)20-19-8-7-18(23)14-17(19)6-5-16-4-3-11-24-21(16)20/h3-4,7-9,11-12,14H,2,5-6,10,13H2,1H3. The Kier molecular flexibility index (Phi) is 4.99. The highest BCUT2D eigenvalue weighted by atomic mass is 35.5. The fraction of sp³-hybridized carbons (Fsp3) is 0.273. The lowest BCUT2D eigenvalue weighted by molar-refractivity contribution is 0.122. The lowest BCUT2D eigenvalue weighted by atomic mass is 9.90. The second kappa shape index (κ2) is 7.57. The summed E-state index contributed by atoms with van der Waals surface area (Å²) in [6.07, 6.45) is 7.99. The number of ether oxygens (including phenoxy) is 1. The molecule has 27 heavy (non-hydrogen) atoms. The van der Waals surface area contributed by atoms with E-state index in [1.165, 1.54) is 22.3 Å². The molecule has 4 nitrogen and oxygen atoms in total. The third-order valence-electron chi connectivity index (χ3n) is 5.03. The van der Waals surface area contributed by atoms with E-state index in [1.54, 1.807) is 4.90 Å². The quantitative estimate of drug-likeness (QED) is 0.698. The lowest BCUT2D eigenvalue weighted by Crippen LogP contribution is -2.29. The molecule has 5 heteroatoms. The van der Waals surface area contributed by atoms with E-state index in [1.807, 2.05) is 37.5 Å². The number of aromatic nitrogens is 1. The van der Waals surface area contributed by atoms with E-state index in [4.69, 9.17) is 21.3 Å². The van der Waals surface area contributed by atoms with Crippen molar-refractivity contribution in [1.29, 1.82) is 0 Å². The van der Waals surface area contributed by atoms with Gasteiger partial charge in [0.05, 0.1) is 12.3 Å². The van der Waals surface area contributed by atoms with Crippen LogP contribution in [0.1, 0.15) is 35.7 Å². The average molecular weight is 381 g/mol. The van der Waals surface area contributed by atoms with Gasteiger partial charge < -0.3 is 4.74 Å². The van der Waals surface area contributed by atoms with Crippen molar-refractivity contribution >= 4 is 23.3 Å². The van der Waals surface area contributed by atoms with E-state index in [2.05, 4.69) is 18.2 Å². The Morgan fingerprint density at radius 3 is 2.85 bits per heavy atom. The van der Waals surface area contributed by atoms with Gasteiger partial charge in [0.2, 0.25) is 0 Å². The summed E-state index contributed by atoms with van der Waals surface area (Å²) in [6, 6.07) is 10.2. The number of allylic oxidation sites excluding steroid dienone is 1. The van der Waals surface area contributed by atoms with Crippen molar-refractivity contribution in [3.05, 3.63) is 81.8 Å². The molecule has 1 aliphatic heterocycles. The minimum atomic E-state index is -0.302. The molecule has 0 saturated carbocycles. The molecule has 1 aromatic carbocycles. The highest BCUT2D eigenvalue weighted by Crippen LogP contribution is 2.37. The van der Waals surface area contributed by atoms with Crippen molar-refractivity contribution < 1.29 is 9.53 Å². The summed E-state index contributed by atoms with van der Waals surface area (Å²) in [5, 5.41) is 0.754. The van der Waals surface area contributed by atoms with Crippen LogP contribution < -0.4 is 0 Å². The molecule has 0 N–H and O–H groups in total. The van der Waals surface area contributed by atoms with Gasteiger partial charge in [0.15, 0.2) is 0 Å². The Bertz CT molecular complexity index is 949. The molecule has 1 amide bonds. The first-order valence-electron chi connectivity index (χ1n) is 9.25. The molecule has 0 atom stereocenters. The molecule has 0 saturated heterocycles. The number of hydrogen-bond acceptors (Lipinski definition) is 3. The van der Waals surface area contributed by atoms with Gasteiger partial charge >= 0.3 is 6.09 Å². The number of pyridine rings is 1. The Hall–Kier alpha value is -2.59. The third-order valence-corrected chi connectivity index (χ3v) is 5.26. The maximum absolute atomic E-state index is 12.0. The average Bonchev–Trinajstić information content (AvgIpc) is 2.85. The predicted molar refractivity (Wildman–Crippen MR) is 107 cm³/mol. The Balaban J connectivity index is 1.83. The summed E-state index contributed by atoms with van der Waals surface area (Å²) in [7, 11) is 0. The van der Waals surface area contributed by atoms with Crippen LogP contribution in [0.4, 0.5) is 4.79 Å². The molecule has 0 fully saturated rings. The van der Waals surface area contributed by atoms with Gasteiger partial charge in [-0.1, -0.05) is 23.7 Å². The van der Waals surface area contributed by atoms with Gasteiger partial charge in [-0.15, -0.1) is 0 Å². The van der Waals surface area contributed by atoms with E-state index < -0.39 is 0 Å². The molecule has 2 aliphatic rings. The molecule has 138 valence electrons. The summed E-state index contributed by atoms with van der Waals surface area (Å²) in [5.41, 5.74) is 7.03. The van der Waals surface area contributed by atoms with Crippen LogP contribution in [0.15, 0.2) is 54.4 Å². The zero-order valence-corrected chi connectivity index (χ0v) is 16.0. The minimum absolute atomic E-state index is 0.302. The molecule has 4 rings (SSSR count). The smallest absolute Gasteiger partial charge is 0.413 e. The number of hydrogen-bond donors (Lipinski definition) is 0. The second-order valence-electron chi connectivity index (χ2n) is 6.67. The summed E-state index contributed by atoms with van der Waals surface area (Å²) in [5.74, 6) is 0. The summed E-state index contributed by atoms with van der Waals surface area (Å²) in [6.45, 7) is 2.79. The number of carbonyl (C=O) groups is 1. The van der Waals surface area contributed by atoms with E-state index >= 15 is 0 Å². The number of amides is 1. The largest absolute Gasteiger partial charge is 0.449 e. The number of fused-ring (bicyclic) bond motifs is 2. The third kappa shape index (κ3) is 3.50. The highest BCUT2D eigenvalue weighted by molar-refractivity contribution is 6.30. The first kappa shape index (κ1) is 17.8. The van der Waals surface area contributed by atoms with Crippen molar-refractivity contribution in [2.75, 3.05) is 13.2 Å². The first-order chi connectivity index (χ1) is 13.2. The van der Waals surface area contributed by atoms with Gasteiger partial charge in [0, 0.05) is 29.5 Å². The van der Waals surface area contributed by atoms with Crippen molar-refractivity contribution in [3.63, 3.8) is 0 Å². The maximum atomic E-state index is 12.0. The minimum Gasteiger partial charge on any atom is -0.449 e. The lowest BCUT2D eigenvalue weighted by Gasteiger charge is -2.24. The Labute approximate surface area is 164 Å². The molecule has 0 bridgehead atoms. The fourth-order valence-electron chi connectivity index (χ4n) is 3.75. The van der Waals surface area contributed by atoms with Gasteiger partial charge in [-0.25, -0.2) is 4.79 Å². The first-order valence-corrected chi connectivity index (χ1v) is 9.63. The Morgan fingerprint density at radius 2 is 2.07 bits per heavy atom. The molecule has 1 aromatic heterocycles. The number of aryl methyl sites for hydroxylation is 2. The zero-order valence-electron chi connectivity index (χ0n) is 15.2. The number of carbonyl (C=O) groups excluding carboxylic acids is 1. The van der Waals surface area contributed by atoms with E-state index in [9.17, 15) is 4.79 Å². The normalized spacial score (nSPS) is 18.5. The van der Waals surface area contributed by atoms with Gasteiger partial charge in [-0.2, -0.15) is 0 Å². The van der Waals surface area contributed by atoms with Crippen LogP contribution in [0.3, 0.4) is 0 Å². The number of benzene rings is 1. The molecule has 0 radical (unpaired) electrons. The predicted octanol–water partition coefficient (Wildman–Crippen LogP) is 5.01. The maximum Gasteiger partial charge on any atom is 0.413 e. The second-order valence-corrected chi connectivity index (χ2v) is 7.11. The summed E-state index contributed by atoms with van der Waals surface area (Å²) < 4.78 is 5.10. The summed E-state index contributed by atoms with van der Waals surface area (Å²) in [4.78, 5) is 18.3. The van der Waals surface area contributed by atoms with Crippen LogP contribution in [0.25, 0.3) is 5.57 Å². The molecular formula is C22H21ClN2O2. The highest BCUT2D eigenvalue weighted by Gasteiger charge is 2.24.